The van der Waals surface area contributed by atoms with E-state index in [0.29, 0.717) is 27.3 Å². The van der Waals surface area contributed by atoms with Crippen LogP contribution in [0.2, 0.25) is 0 Å². The van der Waals surface area contributed by atoms with Gasteiger partial charge >= 0.3 is 5.69 Å². The molecule has 0 bridgehead atoms. The van der Waals surface area contributed by atoms with Crippen molar-refractivity contribution in [3.63, 3.8) is 0 Å². The van der Waals surface area contributed by atoms with Gasteiger partial charge in [0.1, 0.15) is 17.0 Å². The van der Waals surface area contributed by atoms with E-state index >= 15 is 0 Å². The summed E-state index contributed by atoms with van der Waals surface area (Å²) in [6, 6.07) is 20.0. The Kier molecular flexibility index (Phi) is 5.74. The van der Waals surface area contributed by atoms with Crippen molar-refractivity contribution in [2.24, 2.45) is 0 Å². The third kappa shape index (κ3) is 4.02. The third-order valence-electron chi connectivity index (χ3n) is 5.93. The monoisotopic (exact) mass is 485 g/mol. The van der Waals surface area contributed by atoms with Crippen LogP contribution in [0.25, 0.3) is 26.0 Å². The van der Waals surface area contributed by atoms with Crippen LogP contribution >= 0.6 is 11.3 Å². The molecule has 5 aromatic rings. The fraction of sp³-hybridized carbons (Fsp3) is 0.148. The Labute approximate surface area is 204 Å². The van der Waals surface area contributed by atoms with E-state index in [9.17, 15) is 14.4 Å². The van der Waals surface area contributed by atoms with Gasteiger partial charge in [-0.3, -0.25) is 14.2 Å². The summed E-state index contributed by atoms with van der Waals surface area (Å²) in [5.41, 5.74) is 2.53. The fourth-order valence-corrected chi connectivity index (χ4v) is 5.40. The van der Waals surface area contributed by atoms with E-state index in [-0.39, 0.29) is 12.5 Å². The first-order valence-corrected chi connectivity index (χ1v) is 11.9. The highest BCUT2D eigenvalue weighted by molar-refractivity contribution is 7.25. The van der Waals surface area contributed by atoms with E-state index in [0.717, 1.165) is 25.8 Å². The van der Waals surface area contributed by atoms with Crippen molar-refractivity contribution >= 4 is 43.2 Å². The first-order valence-electron chi connectivity index (χ1n) is 11.1. The van der Waals surface area contributed by atoms with Crippen molar-refractivity contribution in [3.8, 4) is 11.4 Å². The van der Waals surface area contributed by atoms with E-state index in [4.69, 9.17) is 4.74 Å². The van der Waals surface area contributed by atoms with Crippen molar-refractivity contribution in [1.82, 2.24) is 9.13 Å². The Hall–Kier alpha value is -4.17. The summed E-state index contributed by atoms with van der Waals surface area (Å²) in [7, 11) is 1.52. The molecule has 1 N–H and O–H groups in total. The van der Waals surface area contributed by atoms with Crippen molar-refractivity contribution < 1.29 is 9.53 Å². The van der Waals surface area contributed by atoms with Gasteiger partial charge in [0.15, 0.2) is 0 Å². The van der Waals surface area contributed by atoms with Gasteiger partial charge in [0, 0.05) is 21.8 Å². The number of nitrogens with one attached hydrogen (secondary N) is 1. The number of carbonyl (C=O) groups is 1. The third-order valence-corrected chi connectivity index (χ3v) is 7.08. The van der Waals surface area contributed by atoms with E-state index in [2.05, 4.69) is 5.32 Å². The summed E-state index contributed by atoms with van der Waals surface area (Å²) in [5.74, 6) is 0.163. The van der Waals surface area contributed by atoms with Crippen LogP contribution in [0.5, 0.6) is 5.75 Å². The van der Waals surface area contributed by atoms with Crippen LogP contribution in [0, 0.1) is 13.8 Å². The maximum absolute atomic E-state index is 13.8. The highest BCUT2D eigenvalue weighted by Gasteiger charge is 2.21. The molecule has 0 aliphatic carbocycles. The SMILES string of the molecule is COc1cccc(-n2c(=O)c3sc4ccccc4c3n(CC(=O)Nc3ccc(C)cc3C)c2=O)c1. The Morgan fingerprint density at radius 2 is 1.80 bits per heavy atom. The number of hydrogen-bond donors (Lipinski definition) is 1. The average molecular weight is 486 g/mol. The normalized spacial score (nSPS) is 11.2. The summed E-state index contributed by atoms with van der Waals surface area (Å²) in [5, 5.41) is 3.67. The number of methoxy groups -OCH3 is 1. The van der Waals surface area contributed by atoms with Gasteiger partial charge in [-0.25, -0.2) is 9.36 Å². The molecule has 8 heteroatoms. The summed E-state index contributed by atoms with van der Waals surface area (Å²) < 4.78 is 9.05. The van der Waals surface area contributed by atoms with Gasteiger partial charge in [-0.15, -0.1) is 11.3 Å². The quantitative estimate of drug-likeness (QED) is 0.394. The van der Waals surface area contributed by atoms with Gasteiger partial charge in [0.25, 0.3) is 5.56 Å². The number of nitrogens with zero attached hydrogens (tertiary/aromatic N) is 2. The fourth-order valence-electron chi connectivity index (χ4n) is 4.26. The number of rotatable bonds is 5. The second-order valence-electron chi connectivity index (χ2n) is 8.35. The molecular weight excluding hydrogens is 462 g/mol. The molecule has 0 radical (unpaired) electrons. The summed E-state index contributed by atoms with van der Waals surface area (Å²) >= 11 is 1.31. The molecular formula is C27H23N3O4S. The van der Waals surface area contributed by atoms with E-state index < -0.39 is 11.2 Å². The minimum atomic E-state index is -0.588. The van der Waals surface area contributed by atoms with Crippen LogP contribution in [0.4, 0.5) is 5.69 Å². The molecule has 0 saturated carbocycles. The minimum Gasteiger partial charge on any atom is -0.497 e. The predicted molar refractivity (Wildman–Crippen MR) is 140 cm³/mol. The second kappa shape index (κ2) is 8.88. The molecule has 3 aromatic carbocycles. The van der Waals surface area contributed by atoms with E-state index in [1.54, 1.807) is 24.3 Å². The highest BCUT2D eigenvalue weighted by Crippen LogP contribution is 2.31. The van der Waals surface area contributed by atoms with Gasteiger partial charge in [0.05, 0.1) is 18.3 Å². The molecule has 0 unspecified atom stereocenters. The Balaban J connectivity index is 1.71. The molecule has 0 spiro atoms. The Bertz CT molecular complexity index is 1730. The van der Waals surface area contributed by atoms with E-state index in [1.807, 2.05) is 56.3 Å². The lowest BCUT2D eigenvalue weighted by Crippen LogP contribution is -2.40. The Morgan fingerprint density at radius 1 is 1.00 bits per heavy atom. The lowest BCUT2D eigenvalue weighted by molar-refractivity contribution is -0.116. The zero-order chi connectivity index (χ0) is 24.7. The van der Waals surface area contributed by atoms with Crippen LogP contribution < -0.4 is 21.3 Å². The molecule has 7 nitrogen and oxygen atoms in total. The van der Waals surface area contributed by atoms with Gasteiger partial charge in [-0.2, -0.15) is 0 Å². The number of benzene rings is 3. The van der Waals surface area contributed by atoms with Gasteiger partial charge in [0.2, 0.25) is 5.91 Å². The van der Waals surface area contributed by atoms with Crippen LogP contribution in [0.3, 0.4) is 0 Å². The van der Waals surface area contributed by atoms with E-state index in [1.165, 1.54) is 23.0 Å². The summed E-state index contributed by atoms with van der Waals surface area (Å²) in [6.07, 6.45) is 0. The van der Waals surface area contributed by atoms with Crippen molar-refractivity contribution in [2.45, 2.75) is 20.4 Å². The summed E-state index contributed by atoms with van der Waals surface area (Å²) in [4.78, 5) is 40.4. The second-order valence-corrected chi connectivity index (χ2v) is 9.41. The van der Waals surface area contributed by atoms with Crippen LogP contribution in [0.15, 0.2) is 76.3 Å². The lowest BCUT2D eigenvalue weighted by Gasteiger charge is -2.14. The molecule has 35 heavy (non-hydrogen) atoms. The maximum Gasteiger partial charge on any atom is 0.336 e. The molecule has 0 saturated heterocycles. The molecule has 0 fully saturated rings. The number of fused-ring (bicyclic) bond motifs is 3. The number of carbonyl (C=O) groups excluding carboxylic acids is 1. The van der Waals surface area contributed by atoms with Gasteiger partial charge in [-0.1, -0.05) is 42.0 Å². The van der Waals surface area contributed by atoms with Gasteiger partial charge in [-0.05, 0) is 43.7 Å². The molecule has 2 heterocycles. The first-order chi connectivity index (χ1) is 16.9. The zero-order valence-electron chi connectivity index (χ0n) is 19.5. The number of thiophene rings is 1. The molecule has 0 aliphatic heterocycles. The topological polar surface area (TPSA) is 82.3 Å². The molecule has 176 valence electrons. The summed E-state index contributed by atoms with van der Waals surface area (Å²) in [6.45, 7) is 3.66. The Morgan fingerprint density at radius 3 is 2.57 bits per heavy atom. The largest absolute Gasteiger partial charge is 0.497 e. The molecule has 2 aromatic heterocycles. The van der Waals surface area contributed by atoms with Crippen molar-refractivity contribution in [1.29, 1.82) is 0 Å². The number of aryl methyl sites for hydroxylation is 2. The standard InChI is InChI=1S/C27H23N3O4S/c1-16-11-12-21(17(2)13-16)28-23(31)15-29-24-20-9-4-5-10-22(20)35-25(24)26(32)30(27(29)33)18-7-6-8-19(14-18)34-3/h4-14H,15H2,1-3H3,(H,28,31). The molecule has 5 rings (SSSR count). The maximum atomic E-state index is 13.8. The number of ether oxygens (including phenoxy) is 1. The van der Waals surface area contributed by atoms with Crippen molar-refractivity contribution in [3.05, 3.63) is 98.7 Å². The number of anilines is 1. The predicted octanol–water partition coefficient (Wildman–Crippen LogP) is 4.63. The van der Waals surface area contributed by atoms with Crippen LogP contribution in [-0.2, 0) is 11.3 Å². The molecule has 0 atom stereocenters. The minimum absolute atomic E-state index is 0.242. The average Bonchev–Trinajstić information content (AvgIpc) is 3.24. The number of aromatic nitrogens is 2. The highest BCUT2D eigenvalue weighted by atomic mass is 32.1. The van der Waals surface area contributed by atoms with Crippen LogP contribution in [0.1, 0.15) is 11.1 Å². The molecule has 0 aliphatic rings. The molecule has 1 amide bonds. The van der Waals surface area contributed by atoms with Gasteiger partial charge < -0.3 is 10.1 Å². The zero-order valence-corrected chi connectivity index (χ0v) is 20.3. The lowest BCUT2D eigenvalue weighted by atomic mass is 10.1. The number of hydrogen-bond acceptors (Lipinski definition) is 5. The smallest absolute Gasteiger partial charge is 0.336 e. The number of amides is 1. The van der Waals surface area contributed by atoms with Crippen molar-refractivity contribution in [2.75, 3.05) is 12.4 Å². The first kappa shape index (κ1) is 22.6. The van der Waals surface area contributed by atoms with Crippen LogP contribution in [-0.4, -0.2) is 22.2 Å².